The van der Waals surface area contributed by atoms with Crippen LogP contribution in [0, 0.1) is 0 Å². The van der Waals surface area contributed by atoms with Crippen molar-refractivity contribution in [3.63, 3.8) is 0 Å². The van der Waals surface area contributed by atoms with Gasteiger partial charge in [0, 0.05) is 24.7 Å². The zero-order chi connectivity index (χ0) is 17.8. The normalized spacial score (nSPS) is 13.7. The summed E-state index contributed by atoms with van der Waals surface area (Å²) < 4.78 is 5.34. The molecule has 4 rings (SSSR count). The molecule has 0 bridgehead atoms. The van der Waals surface area contributed by atoms with E-state index in [1.54, 1.807) is 13.3 Å². The number of nitrogens with zero attached hydrogens (tertiary/aromatic N) is 4. The summed E-state index contributed by atoms with van der Waals surface area (Å²) in [5.74, 6) is 1.33. The highest BCUT2D eigenvalue weighted by atomic mass is 32.1. The van der Waals surface area contributed by atoms with Crippen LogP contribution < -0.4 is 15.4 Å². The summed E-state index contributed by atoms with van der Waals surface area (Å²) in [6.07, 6.45) is 2.76. The van der Waals surface area contributed by atoms with E-state index in [0.29, 0.717) is 5.88 Å². The minimum atomic E-state index is 0.555. The Hall–Kier alpha value is -3.00. The Morgan fingerprint density at radius 3 is 2.88 bits per heavy atom. The quantitative estimate of drug-likeness (QED) is 0.738. The van der Waals surface area contributed by atoms with Gasteiger partial charge in [-0.25, -0.2) is 15.0 Å². The molecule has 0 atom stereocenters. The van der Waals surface area contributed by atoms with Crippen molar-refractivity contribution in [3.8, 4) is 28.5 Å². The van der Waals surface area contributed by atoms with Crippen LogP contribution in [0.4, 0.5) is 5.13 Å². The molecule has 0 aromatic carbocycles. The van der Waals surface area contributed by atoms with Crippen molar-refractivity contribution in [3.05, 3.63) is 41.9 Å². The number of methoxy groups -OCH3 is 1. The predicted octanol–water partition coefficient (Wildman–Crippen LogP) is 3.04. The SMILES string of the molecule is COc1ncccc1-c1cccc(-c2csc(NC3=NCCCN3)n2)n1. The molecule has 26 heavy (non-hydrogen) atoms. The van der Waals surface area contributed by atoms with Crippen molar-refractivity contribution in [2.24, 2.45) is 4.99 Å². The van der Waals surface area contributed by atoms with Crippen LogP contribution >= 0.6 is 11.3 Å². The Bertz CT molecular complexity index is 939. The average molecular weight is 366 g/mol. The van der Waals surface area contributed by atoms with E-state index in [1.165, 1.54) is 11.3 Å². The Balaban J connectivity index is 1.60. The summed E-state index contributed by atoms with van der Waals surface area (Å²) in [4.78, 5) is 18.0. The maximum absolute atomic E-state index is 5.34. The van der Waals surface area contributed by atoms with Crippen LogP contribution in [0.5, 0.6) is 5.88 Å². The van der Waals surface area contributed by atoms with Crippen molar-refractivity contribution >= 4 is 22.4 Å². The Labute approximate surface area is 155 Å². The third-order valence-corrected chi connectivity index (χ3v) is 4.64. The summed E-state index contributed by atoms with van der Waals surface area (Å²) in [7, 11) is 1.61. The van der Waals surface area contributed by atoms with Gasteiger partial charge in [0.25, 0.3) is 0 Å². The molecule has 0 unspecified atom stereocenters. The second kappa shape index (κ2) is 7.49. The third kappa shape index (κ3) is 3.50. The number of guanidine groups is 1. The lowest BCUT2D eigenvalue weighted by Crippen LogP contribution is -2.35. The molecule has 4 heterocycles. The molecular formula is C18H18N6OS. The van der Waals surface area contributed by atoms with Crippen LogP contribution in [0.2, 0.25) is 0 Å². The second-order valence-corrected chi connectivity index (χ2v) is 6.50. The summed E-state index contributed by atoms with van der Waals surface area (Å²) >= 11 is 1.53. The van der Waals surface area contributed by atoms with E-state index >= 15 is 0 Å². The molecular weight excluding hydrogens is 348 g/mol. The summed E-state index contributed by atoms with van der Waals surface area (Å²) in [5.41, 5.74) is 3.27. The Kier molecular flexibility index (Phi) is 4.74. The first-order valence-electron chi connectivity index (χ1n) is 8.31. The van der Waals surface area contributed by atoms with Crippen molar-refractivity contribution in [2.75, 3.05) is 25.5 Å². The van der Waals surface area contributed by atoms with Gasteiger partial charge in [-0.3, -0.25) is 4.99 Å². The standard InChI is InChI=1S/C18H18N6OS/c1-25-16-12(5-3-8-19-16)13-6-2-7-14(22-13)15-11-26-18(23-15)24-17-20-9-4-10-21-17/h2-3,5-8,11H,4,9-10H2,1H3,(H2,20,21,23,24). The molecule has 1 aliphatic rings. The van der Waals surface area contributed by atoms with Crippen molar-refractivity contribution in [1.82, 2.24) is 20.3 Å². The number of hydrogen-bond donors (Lipinski definition) is 2. The minimum Gasteiger partial charge on any atom is -0.481 e. The third-order valence-electron chi connectivity index (χ3n) is 3.88. The monoisotopic (exact) mass is 366 g/mol. The van der Waals surface area contributed by atoms with Crippen LogP contribution in [0.3, 0.4) is 0 Å². The number of ether oxygens (including phenoxy) is 1. The number of pyridine rings is 2. The molecule has 1 aliphatic heterocycles. The Morgan fingerprint density at radius 2 is 2.04 bits per heavy atom. The fourth-order valence-electron chi connectivity index (χ4n) is 2.64. The average Bonchev–Trinajstić information content (AvgIpc) is 3.17. The Morgan fingerprint density at radius 1 is 1.12 bits per heavy atom. The zero-order valence-electron chi connectivity index (χ0n) is 14.3. The maximum Gasteiger partial charge on any atom is 0.222 e. The number of thiazole rings is 1. The highest BCUT2D eigenvalue weighted by Gasteiger charge is 2.12. The van der Waals surface area contributed by atoms with Crippen LogP contribution in [-0.2, 0) is 0 Å². The van der Waals surface area contributed by atoms with Crippen molar-refractivity contribution in [1.29, 1.82) is 0 Å². The molecule has 132 valence electrons. The van der Waals surface area contributed by atoms with Gasteiger partial charge < -0.3 is 15.4 Å². The molecule has 3 aromatic heterocycles. The molecule has 0 radical (unpaired) electrons. The van der Waals surface area contributed by atoms with Crippen molar-refractivity contribution in [2.45, 2.75) is 6.42 Å². The van der Waals surface area contributed by atoms with Gasteiger partial charge in [0.15, 0.2) is 11.1 Å². The van der Waals surface area contributed by atoms with E-state index in [4.69, 9.17) is 9.72 Å². The fraction of sp³-hybridized carbons (Fsp3) is 0.222. The molecule has 3 aromatic rings. The van der Waals surface area contributed by atoms with Gasteiger partial charge in [-0.15, -0.1) is 11.3 Å². The topological polar surface area (TPSA) is 84.3 Å². The van der Waals surface area contributed by atoms with E-state index in [1.807, 2.05) is 35.7 Å². The number of anilines is 1. The highest BCUT2D eigenvalue weighted by molar-refractivity contribution is 7.14. The van der Waals surface area contributed by atoms with Crippen molar-refractivity contribution < 1.29 is 4.74 Å². The number of aromatic nitrogens is 3. The van der Waals surface area contributed by atoms with Gasteiger partial charge in [-0.2, -0.15) is 0 Å². The first-order chi connectivity index (χ1) is 12.8. The molecule has 7 nitrogen and oxygen atoms in total. The molecule has 0 saturated heterocycles. The number of aliphatic imine (C=N–C) groups is 1. The van der Waals surface area contributed by atoms with E-state index in [-0.39, 0.29) is 0 Å². The summed E-state index contributed by atoms with van der Waals surface area (Å²) in [6.45, 7) is 1.77. The van der Waals surface area contributed by atoms with Gasteiger partial charge >= 0.3 is 0 Å². The van der Waals surface area contributed by atoms with Crippen LogP contribution in [0.1, 0.15) is 6.42 Å². The highest BCUT2D eigenvalue weighted by Crippen LogP contribution is 2.29. The predicted molar refractivity (Wildman–Crippen MR) is 104 cm³/mol. The molecule has 0 fully saturated rings. The lowest BCUT2D eigenvalue weighted by Gasteiger charge is -2.14. The maximum atomic E-state index is 5.34. The molecule has 0 spiro atoms. The summed E-state index contributed by atoms with van der Waals surface area (Å²) in [5, 5.41) is 9.23. The van der Waals surface area contributed by atoms with Gasteiger partial charge in [-0.05, 0) is 30.7 Å². The van der Waals surface area contributed by atoms with Crippen LogP contribution in [0.15, 0.2) is 46.9 Å². The largest absolute Gasteiger partial charge is 0.481 e. The first kappa shape index (κ1) is 16.5. The number of hydrogen-bond acceptors (Lipinski definition) is 8. The lowest BCUT2D eigenvalue weighted by atomic mass is 10.1. The fourth-order valence-corrected chi connectivity index (χ4v) is 3.35. The summed E-state index contributed by atoms with van der Waals surface area (Å²) in [6, 6.07) is 9.66. The van der Waals surface area contributed by atoms with E-state index in [9.17, 15) is 0 Å². The minimum absolute atomic E-state index is 0.555. The zero-order valence-corrected chi connectivity index (χ0v) is 15.1. The van der Waals surface area contributed by atoms with E-state index in [0.717, 1.165) is 53.2 Å². The second-order valence-electron chi connectivity index (χ2n) is 5.64. The lowest BCUT2D eigenvalue weighted by molar-refractivity contribution is 0.399. The van der Waals surface area contributed by atoms with Gasteiger partial charge in [0.05, 0.1) is 24.1 Å². The van der Waals surface area contributed by atoms with Crippen LogP contribution in [-0.4, -0.2) is 41.1 Å². The molecule has 2 N–H and O–H groups in total. The van der Waals surface area contributed by atoms with Crippen LogP contribution in [0.25, 0.3) is 22.6 Å². The van der Waals surface area contributed by atoms with Gasteiger partial charge in [0.2, 0.25) is 5.88 Å². The molecule has 0 saturated carbocycles. The van der Waals surface area contributed by atoms with E-state index in [2.05, 4.69) is 25.6 Å². The molecule has 0 amide bonds. The molecule has 0 aliphatic carbocycles. The smallest absolute Gasteiger partial charge is 0.222 e. The molecule has 8 heteroatoms. The number of rotatable bonds is 4. The number of nitrogens with one attached hydrogen (secondary N) is 2. The van der Waals surface area contributed by atoms with Gasteiger partial charge in [-0.1, -0.05) is 6.07 Å². The van der Waals surface area contributed by atoms with E-state index < -0.39 is 0 Å². The van der Waals surface area contributed by atoms with Gasteiger partial charge in [0.1, 0.15) is 5.69 Å². The first-order valence-corrected chi connectivity index (χ1v) is 9.19.